The molecule has 0 aromatic carbocycles. The first-order valence-corrected chi connectivity index (χ1v) is 10.6. The average molecular weight is 352 g/mol. The molecule has 1 aliphatic heterocycles. The number of thiophene rings is 1. The second-order valence-corrected chi connectivity index (χ2v) is 9.47. The van der Waals surface area contributed by atoms with Crippen molar-refractivity contribution in [2.75, 3.05) is 32.8 Å². The standard InChI is InChI=1S/C21H37NOS/c1-6-7-8-19-17(2)18(3)24-20(19)9-10-21(4,5)11-12-22-13-15-23-16-14-22/h6-16H2,1-5H3. The lowest BCUT2D eigenvalue weighted by Crippen LogP contribution is -2.38. The van der Waals surface area contributed by atoms with Crippen molar-refractivity contribution in [1.29, 1.82) is 0 Å². The summed E-state index contributed by atoms with van der Waals surface area (Å²) in [5.74, 6) is 0. The summed E-state index contributed by atoms with van der Waals surface area (Å²) in [4.78, 5) is 5.76. The molecule has 0 unspecified atom stereocenters. The molecular formula is C21H37NOS. The van der Waals surface area contributed by atoms with Crippen LogP contribution < -0.4 is 0 Å². The molecule has 24 heavy (non-hydrogen) atoms. The third-order valence-electron chi connectivity index (χ3n) is 5.61. The molecule has 0 atom stereocenters. The number of nitrogens with zero attached hydrogens (tertiary/aromatic N) is 1. The van der Waals surface area contributed by atoms with Gasteiger partial charge in [0.05, 0.1) is 13.2 Å². The Morgan fingerprint density at radius 2 is 1.79 bits per heavy atom. The number of aryl methyl sites for hydroxylation is 2. The van der Waals surface area contributed by atoms with Gasteiger partial charge in [0.1, 0.15) is 0 Å². The maximum Gasteiger partial charge on any atom is 0.0594 e. The van der Waals surface area contributed by atoms with Crippen LogP contribution in [0.15, 0.2) is 0 Å². The number of morpholine rings is 1. The fraction of sp³-hybridized carbons (Fsp3) is 0.810. The van der Waals surface area contributed by atoms with Crippen molar-refractivity contribution in [3.8, 4) is 0 Å². The maximum atomic E-state index is 5.46. The van der Waals surface area contributed by atoms with E-state index in [0.717, 1.165) is 26.3 Å². The van der Waals surface area contributed by atoms with Gasteiger partial charge >= 0.3 is 0 Å². The van der Waals surface area contributed by atoms with Gasteiger partial charge in [0.15, 0.2) is 0 Å². The quantitative estimate of drug-likeness (QED) is 0.591. The summed E-state index contributed by atoms with van der Waals surface area (Å²) < 4.78 is 5.46. The van der Waals surface area contributed by atoms with Crippen molar-refractivity contribution in [2.45, 2.75) is 73.1 Å². The largest absolute Gasteiger partial charge is 0.379 e. The van der Waals surface area contributed by atoms with Crippen LogP contribution in [0.25, 0.3) is 0 Å². The average Bonchev–Trinajstić information content (AvgIpc) is 2.85. The van der Waals surface area contributed by atoms with Gasteiger partial charge in [0.2, 0.25) is 0 Å². The Labute approximate surface area is 153 Å². The predicted octanol–water partition coefficient (Wildman–Crippen LogP) is 5.39. The number of hydrogen-bond acceptors (Lipinski definition) is 3. The summed E-state index contributed by atoms with van der Waals surface area (Å²) in [6.45, 7) is 17.1. The van der Waals surface area contributed by atoms with E-state index in [4.69, 9.17) is 4.74 Å². The van der Waals surface area contributed by atoms with Gasteiger partial charge in [-0.05, 0) is 69.0 Å². The van der Waals surface area contributed by atoms with Crippen LogP contribution in [0.4, 0.5) is 0 Å². The van der Waals surface area contributed by atoms with Crippen molar-refractivity contribution >= 4 is 11.3 Å². The van der Waals surface area contributed by atoms with Gasteiger partial charge in [-0.15, -0.1) is 11.3 Å². The highest BCUT2D eigenvalue weighted by Crippen LogP contribution is 2.34. The second-order valence-electron chi connectivity index (χ2n) is 8.16. The van der Waals surface area contributed by atoms with Crippen molar-refractivity contribution in [3.05, 3.63) is 20.9 Å². The summed E-state index contributed by atoms with van der Waals surface area (Å²) in [6.07, 6.45) is 7.74. The summed E-state index contributed by atoms with van der Waals surface area (Å²) in [6, 6.07) is 0. The van der Waals surface area contributed by atoms with E-state index in [-0.39, 0.29) is 0 Å². The highest BCUT2D eigenvalue weighted by Gasteiger charge is 2.22. The fourth-order valence-electron chi connectivity index (χ4n) is 3.49. The number of unbranched alkanes of at least 4 members (excludes halogenated alkanes) is 1. The van der Waals surface area contributed by atoms with E-state index < -0.39 is 0 Å². The lowest BCUT2D eigenvalue weighted by molar-refractivity contribution is 0.0323. The minimum Gasteiger partial charge on any atom is -0.379 e. The van der Waals surface area contributed by atoms with E-state index in [9.17, 15) is 0 Å². The van der Waals surface area contributed by atoms with Gasteiger partial charge in [-0.3, -0.25) is 4.90 Å². The van der Waals surface area contributed by atoms with Crippen LogP contribution in [0.5, 0.6) is 0 Å². The van der Waals surface area contributed by atoms with E-state index >= 15 is 0 Å². The van der Waals surface area contributed by atoms with E-state index in [0.29, 0.717) is 5.41 Å². The molecule has 0 amide bonds. The topological polar surface area (TPSA) is 12.5 Å². The zero-order valence-corrected chi connectivity index (χ0v) is 17.4. The molecule has 1 saturated heterocycles. The minimum atomic E-state index is 0.423. The zero-order valence-electron chi connectivity index (χ0n) is 16.5. The monoisotopic (exact) mass is 351 g/mol. The van der Waals surface area contributed by atoms with E-state index in [1.807, 2.05) is 0 Å². The first kappa shape index (κ1) is 19.9. The predicted molar refractivity (Wildman–Crippen MR) is 106 cm³/mol. The van der Waals surface area contributed by atoms with E-state index in [1.165, 1.54) is 49.9 Å². The lowest BCUT2D eigenvalue weighted by Gasteiger charge is -2.31. The van der Waals surface area contributed by atoms with Gasteiger partial charge in [-0.1, -0.05) is 27.2 Å². The third kappa shape index (κ3) is 5.86. The van der Waals surface area contributed by atoms with Crippen LogP contribution >= 0.6 is 11.3 Å². The molecule has 0 aliphatic carbocycles. The molecule has 1 aromatic rings. The Hall–Kier alpha value is -0.380. The Bertz CT molecular complexity index is 500. The third-order valence-corrected chi connectivity index (χ3v) is 6.92. The molecule has 0 N–H and O–H groups in total. The molecule has 1 aromatic heterocycles. The van der Waals surface area contributed by atoms with Gasteiger partial charge in [0.25, 0.3) is 0 Å². The van der Waals surface area contributed by atoms with Gasteiger partial charge in [-0.2, -0.15) is 0 Å². The van der Waals surface area contributed by atoms with Crippen LogP contribution in [0, 0.1) is 19.3 Å². The Balaban J connectivity index is 1.87. The molecule has 0 bridgehead atoms. The normalized spacial score (nSPS) is 16.7. The molecule has 1 aliphatic rings. The highest BCUT2D eigenvalue weighted by atomic mass is 32.1. The van der Waals surface area contributed by atoms with Crippen LogP contribution in [0.1, 0.15) is 67.3 Å². The summed E-state index contributed by atoms with van der Waals surface area (Å²) in [7, 11) is 0. The number of rotatable bonds is 9. The van der Waals surface area contributed by atoms with Crippen LogP contribution in [0.3, 0.4) is 0 Å². The van der Waals surface area contributed by atoms with E-state index in [1.54, 1.807) is 16.0 Å². The molecule has 1 fully saturated rings. The summed E-state index contributed by atoms with van der Waals surface area (Å²) >= 11 is 2.05. The molecule has 0 radical (unpaired) electrons. The smallest absolute Gasteiger partial charge is 0.0594 e. The first-order valence-electron chi connectivity index (χ1n) is 9.81. The van der Waals surface area contributed by atoms with Crippen molar-refractivity contribution in [1.82, 2.24) is 4.90 Å². The van der Waals surface area contributed by atoms with Crippen LogP contribution in [0.2, 0.25) is 0 Å². The highest BCUT2D eigenvalue weighted by molar-refractivity contribution is 7.12. The fourth-order valence-corrected chi connectivity index (χ4v) is 4.72. The molecule has 3 heteroatoms. The van der Waals surface area contributed by atoms with Gasteiger partial charge in [-0.25, -0.2) is 0 Å². The number of ether oxygens (including phenoxy) is 1. The maximum absolute atomic E-state index is 5.46. The molecule has 0 saturated carbocycles. The van der Waals surface area contributed by atoms with Crippen LogP contribution in [-0.2, 0) is 17.6 Å². The molecule has 2 heterocycles. The van der Waals surface area contributed by atoms with Gasteiger partial charge in [0, 0.05) is 22.8 Å². The summed E-state index contributed by atoms with van der Waals surface area (Å²) in [5.41, 5.74) is 3.66. The Kier molecular flexibility index (Phi) is 7.77. The zero-order chi connectivity index (χ0) is 17.6. The number of hydrogen-bond donors (Lipinski definition) is 0. The Morgan fingerprint density at radius 1 is 1.08 bits per heavy atom. The second kappa shape index (κ2) is 9.35. The SMILES string of the molecule is CCCCc1c(CCC(C)(C)CCN2CCOCC2)sc(C)c1C. The molecule has 138 valence electrons. The minimum absolute atomic E-state index is 0.423. The first-order chi connectivity index (χ1) is 11.4. The molecule has 0 spiro atoms. The Morgan fingerprint density at radius 3 is 2.46 bits per heavy atom. The lowest BCUT2D eigenvalue weighted by atomic mass is 9.83. The van der Waals surface area contributed by atoms with Crippen molar-refractivity contribution < 1.29 is 4.74 Å². The molecule has 2 nitrogen and oxygen atoms in total. The molecule has 2 rings (SSSR count). The van der Waals surface area contributed by atoms with Crippen LogP contribution in [-0.4, -0.2) is 37.7 Å². The van der Waals surface area contributed by atoms with Crippen molar-refractivity contribution in [2.24, 2.45) is 5.41 Å². The van der Waals surface area contributed by atoms with Gasteiger partial charge < -0.3 is 4.74 Å². The van der Waals surface area contributed by atoms with E-state index in [2.05, 4.69) is 50.9 Å². The van der Waals surface area contributed by atoms with Crippen molar-refractivity contribution in [3.63, 3.8) is 0 Å². The molecular weight excluding hydrogens is 314 g/mol. The summed E-state index contributed by atoms with van der Waals surface area (Å²) in [5, 5.41) is 0.